The maximum absolute atomic E-state index is 13.7. The van der Waals surface area contributed by atoms with E-state index in [1.807, 2.05) is 0 Å². The number of nitrogen functional groups attached to an aromatic ring is 1. The molecule has 0 saturated heterocycles. The normalized spacial score (nSPS) is 10.9. The van der Waals surface area contributed by atoms with E-state index in [4.69, 9.17) is 10.6 Å². The minimum atomic E-state index is -0.750. The zero-order valence-corrected chi connectivity index (χ0v) is 11.0. The highest BCUT2D eigenvalue weighted by Crippen LogP contribution is 2.33. The number of hydrogen-bond donors (Lipinski definition) is 2. The van der Waals surface area contributed by atoms with Gasteiger partial charge in [0.2, 0.25) is 0 Å². The van der Waals surface area contributed by atoms with E-state index in [-0.39, 0.29) is 22.0 Å². The van der Waals surface area contributed by atoms with Crippen molar-refractivity contribution in [2.45, 2.75) is 6.61 Å². The lowest BCUT2D eigenvalue weighted by atomic mass is 10.1. The summed E-state index contributed by atoms with van der Waals surface area (Å²) >= 11 is 3.06. The van der Waals surface area contributed by atoms with Crippen LogP contribution in [0.1, 0.15) is 5.69 Å². The molecule has 0 amide bonds. The number of nitrogens with two attached hydrogens (primary N) is 1. The first-order valence-electron chi connectivity index (χ1n) is 5.01. The van der Waals surface area contributed by atoms with Crippen LogP contribution < -0.4 is 11.3 Å². The van der Waals surface area contributed by atoms with Crippen LogP contribution in [0.4, 0.5) is 14.5 Å². The first-order valence-corrected chi connectivity index (χ1v) is 5.80. The van der Waals surface area contributed by atoms with Crippen molar-refractivity contribution in [2.75, 3.05) is 12.5 Å². The number of halogens is 3. The van der Waals surface area contributed by atoms with Crippen LogP contribution in [0.25, 0.3) is 10.9 Å². The third-order valence-corrected chi connectivity index (χ3v) is 3.20. The maximum atomic E-state index is 13.7. The molecule has 4 nitrogen and oxygen atoms in total. The summed E-state index contributed by atoms with van der Waals surface area (Å²) in [5, 5.41) is 0.259. The molecule has 0 radical (unpaired) electrons. The van der Waals surface area contributed by atoms with Gasteiger partial charge in [-0.05, 0) is 22.0 Å². The van der Waals surface area contributed by atoms with Gasteiger partial charge in [0, 0.05) is 18.6 Å². The van der Waals surface area contributed by atoms with Crippen LogP contribution in [0.15, 0.2) is 16.6 Å². The summed E-state index contributed by atoms with van der Waals surface area (Å²) in [6.45, 7) is 0.207. The Hall–Kier alpha value is -1.31. The van der Waals surface area contributed by atoms with E-state index in [9.17, 15) is 8.78 Å². The molecule has 96 valence electrons. The van der Waals surface area contributed by atoms with E-state index < -0.39 is 11.6 Å². The summed E-state index contributed by atoms with van der Waals surface area (Å²) in [7, 11) is 1.50. The van der Waals surface area contributed by atoms with Crippen molar-refractivity contribution in [1.82, 2.24) is 4.98 Å². The molecule has 0 atom stereocenters. The predicted octanol–water partition coefficient (Wildman–Crippen LogP) is 2.71. The number of aromatic nitrogens is 1. The monoisotopic (exact) mass is 317 g/mol. The number of hydrogen-bond acceptors (Lipinski definition) is 4. The Kier molecular flexibility index (Phi) is 3.74. The van der Waals surface area contributed by atoms with Gasteiger partial charge < -0.3 is 10.2 Å². The number of nitrogens with zero attached hydrogens (tertiary/aromatic N) is 1. The molecule has 7 heteroatoms. The highest BCUT2D eigenvalue weighted by Gasteiger charge is 2.16. The second-order valence-electron chi connectivity index (χ2n) is 3.62. The van der Waals surface area contributed by atoms with Gasteiger partial charge in [-0.2, -0.15) is 0 Å². The summed E-state index contributed by atoms with van der Waals surface area (Å²) in [6, 6.07) is 2.35. The molecule has 2 aromatic rings. The molecule has 0 aliphatic heterocycles. The molecule has 1 aromatic heterocycles. The number of fused-ring (bicyclic) bond motifs is 1. The van der Waals surface area contributed by atoms with Crippen molar-refractivity contribution in [3.05, 3.63) is 33.9 Å². The van der Waals surface area contributed by atoms with Crippen LogP contribution in [-0.4, -0.2) is 12.1 Å². The lowest BCUT2D eigenvalue weighted by Crippen LogP contribution is -2.09. The van der Waals surface area contributed by atoms with Crippen molar-refractivity contribution < 1.29 is 13.5 Å². The minimum Gasteiger partial charge on any atom is -0.378 e. The van der Waals surface area contributed by atoms with Gasteiger partial charge in [0.25, 0.3) is 0 Å². The zero-order chi connectivity index (χ0) is 13.3. The zero-order valence-electron chi connectivity index (χ0n) is 9.43. The van der Waals surface area contributed by atoms with E-state index >= 15 is 0 Å². The van der Waals surface area contributed by atoms with E-state index in [0.717, 1.165) is 6.07 Å². The quantitative estimate of drug-likeness (QED) is 0.519. The van der Waals surface area contributed by atoms with Gasteiger partial charge in [0.05, 0.1) is 22.5 Å². The van der Waals surface area contributed by atoms with Crippen LogP contribution in [0.2, 0.25) is 0 Å². The number of hydrazine groups is 1. The average molecular weight is 318 g/mol. The van der Waals surface area contributed by atoms with Gasteiger partial charge in [-0.1, -0.05) is 0 Å². The summed E-state index contributed by atoms with van der Waals surface area (Å²) in [6.07, 6.45) is 0. The van der Waals surface area contributed by atoms with Gasteiger partial charge in [-0.25, -0.2) is 13.8 Å². The Morgan fingerprint density at radius 1 is 1.39 bits per heavy atom. The van der Waals surface area contributed by atoms with Crippen LogP contribution >= 0.6 is 15.9 Å². The summed E-state index contributed by atoms with van der Waals surface area (Å²) < 4.78 is 32.2. The van der Waals surface area contributed by atoms with E-state index in [2.05, 4.69) is 26.3 Å². The Balaban J connectivity index is 2.82. The van der Waals surface area contributed by atoms with Gasteiger partial charge in [-0.3, -0.25) is 5.84 Å². The molecule has 3 N–H and O–H groups in total. The number of anilines is 1. The molecule has 0 bridgehead atoms. The second-order valence-corrected chi connectivity index (χ2v) is 4.41. The number of benzene rings is 1. The molecule has 0 spiro atoms. The molecular formula is C11H10BrF2N3O. The van der Waals surface area contributed by atoms with Crippen LogP contribution in [-0.2, 0) is 11.3 Å². The Morgan fingerprint density at radius 3 is 2.72 bits per heavy atom. The molecule has 18 heavy (non-hydrogen) atoms. The largest absolute Gasteiger partial charge is 0.378 e. The van der Waals surface area contributed by atoms with Gasteiger partial charge in [0.1, 0.15) is 11.3 Å². The van der Waals surface area contributed by atoms with Crippen LogP contribution in [0.3, 0.4) is 0 Å². The highest BCUT2D eigenvalue weighted by atomic mass is 79.9. The first kappa shape index (κ1) is 13.1. The Bertz CT molecular complexity index is 607. The summed E-state index contributed by atoms with van der Waals surface area (Å²) in [4.78, 5) is 4.08. The SMILES string of the molecule is COCc1cc(NN)c2c(Br)c(F)cc(F)c2n1. The number of ether oxygens (including phenoxy) is 1. The number of nitrogens with one attached hydrogen (secondary N) is 1. The Labute approximate surface area is 110 Å². The van der Waals surface area contributed by atoms with Crippen molar-refractivity contribution >= 4 is 32.5 Å². The van der Waals surface area contributed by atoms with E-state index in [0.29, 0.717) is 11.4 Å². The van der Waals surface area contributed by atoms with Gasteiger partial charge in [0.15, 0.2) is 5.82 Å². The minimum absolute atomic E-state index is 0.0331. The molecule has 0 fully saturated rings. The Morgan fingerprint density at radius 2 is 2.11 bits per heavy atom. The summed E-state index contributed by atoms with van der Waals surface area (Å²) in [5.41, 5.74) is 3.31. The van der Waals surface area contributed by atoms with Gasteiger partial charge in [-0.15, -0.1) is 0 Å². The number of methoxy groups -OCH3 is 1. The molecule has 0 aliphatic carbocycles. The topological polar surface area (TPSA) is 60.2 Å². The van der Waals surface area contributed by atoms with Crippen molar-refractivity contribution in [2.24, 2.45) is 5.84 Å². The molecule has 0 aliphatic rings. The second kappa shape index (κ2) is 5.13. The van der Waals surface area contributed by atoms with Crippen molar-refractivity contribution in [3.63, 3.8) is 0 Å². The summed E-state index contributed by atoms with van der Waals surface area (Å²) in [5.74, 6) is 3.91. The first-order chi connectivity index (χ1) is 8.58. The fraction of sp³-hybridized carbons (Fsp3) is 0.182. The average Bonchev–Trinajstić information content (AvgIpc) is 2.35. The highest BCUT2D eigenvalue weighted by molar-refractivity contribution is 9.10. The molecule has 2 rings (SSSR count). The molecule has 1 aromatic carbocycles. The van der Waals surface area contributed by atoms with Crippen molar-refractivity contribution in [1.29, 1.82) is 0 Å². The molecule has 1 heterocycles. The molecular weight excluding hydrogens is 308 g/mol. The van der Waals surface area contributed by atoms with E-state index in [1.165, 1.54) is 7.11 Å². The maximum Gasteiger partial charge on any atom is 0.152 e. The van der Waals surface area contributed by atoms with Crippen LogP contribution in [0.5, 0.6) is 0 Å². The smallest absolute Gasteiger partial charge is 0.152 e. The van der Waals surface area contributed by atoms with Gasteiger partial charge >= 0.3 is 0 Å². The third-order valence-electron chi connectivity index (χ3n) is 2.43. The lowest BCUT2D eigenvalue weighted by molar-refractivity contribution is 0.182. The standard InChI is InChI=1S/C11H10BrF2N3O/c1-18-4-5-2-8(17-15)9-10(12)6(13)3-7(14)11(9)16-5/h2-3H,4,15H2,1H3,(H,16,17). The predicted molar refractivity (Wildman–Crippen MR) is 67.9 cm³/mol. The number of pyridine rings is 1. The third kappa shape index (κ3) is 2.16. The van der Waals surface area contributed by atoms with Crippen LogP contribution in [0, 0.1) is 11.6 Å². The fourth-order valence-corrected chi connectivity index (χ4v) is 2.21. The number of rotatable bonds is 3. The molecule has 0 unspecified atom stereocenters. The molecule has 0 saturated carbocycles. The fourth-order valence-electron chi connectivity index (χ4n) is 1.69. The van der Waals surface area contributed by atoms with Crippen molar-refractivity contribution in [3.8, 4) is 0 Å². The lowest BCUT2D eigenvalue weighted by Gasteiger charge is -2.11. The van der Waals surface area contributed by atoms with E-state index in [1.54, 1.807) is 6.07 Å².